The first kappa shape index (κ1) is 18.0. The number of hydrogen-bond acceptors (Lipinski definition) is 8. The first-order valence-electron chi connectivity index (χ1n) is 8.82. The lowest BCUT2D eigenvalue weighted by molar-refractivity contribution is 0.195. The van der Waals surface area contributed by atoms with Crippen LogP contribution in [0.3, 0.4) is 0 Å². The Balaban J connectivity index is 1.36. The highest BCUT2D eigenvalue weighted by Gasteiger charge is 2.19. The summed E-state index contributed by atoms with van der Waals surface area (Å²) in [5, 5.41) is 8.82. The van der Waals surface area contributed by atoms with Crippen LogP contribution >= 0.6 is 23.6 Å². The lowest BCUT2D eigenvalue weighted by Gasteiger charge is -2.34. The molecule has 1 saturated heterocycles. The maximum atomic E-state index is 5.51. The molecule has 1 N–H and O–H groups in total. The predicted octanol–water partition coefficient (Wildman–Crippen LogP) is 3.30. The van der Waals surface area contributed by atoms with E-state index in [1.54, 1.807) is 12.4 Å². The molecule has 1 aliphatic heterocycles. The van der Waals surface area contributed by atoms with E-state index in [4.69, 9.17) is 12.2 Å². The summed E-state index contributed by atoms with van der Waals surface area (Å²) in [6.07, 6.45) is 5.25. The average Bonchev–Trinajstić information content (AvgIpc) is 3.02. The molecule has 9 heteroatoms. The number of aryl methyl sites for hydroxylation is 1. The number of aromatic nitrogens is 4. The minimum absolute atomic E-state index is 0.707. The van der Waals surface area contributed by atoms with E-state index >= 15 is 0 Å². The van der Waals surface area contributed by atoms with Gasteiger partial charge in [-0.25, -0.2) is 9.67 Å². The third-order valence-electron chi connectivity index (χ3n) is 4.46. The number of anilines is 3. The Morgan fingerprint density at radius 2 is 2.04 bits per heavy atom. The van der Waals surface area contributed by atoms with E-state index in [0.29, 0.717) is 6.67 Å². The van der Waals surface area contributed by atoms with Crippen molar-refractivity contribution in [3.05, 3.63) is 52.4 Å². The molecule has 1 fully saturated rings. The van der Waals surface area contributed by atoms with Crippen molar-refractivity contribution in [2.24, 2.45) is 0 Å². The summed E-state index contributed by atoms with van der Waals surface area (Å²) < 4.78 is 2.68. The number of nitrogens with zero attached hydrogens (tertiary/aromatic N) is 6. The molecule has 0 bridgehead atoms. The van der Waals surface area contributed by atoms with Crippen LogP contribution in [0.5, 0.6) is 0 Å². The second-order valence-corrected chi connectivity index (χ2v) is 8.10. The van der Waals surface area contributed by atoms with E-state index in [0.717, 1.165) is 46.8 Å². The van der Waals surface area contributed by atoms with E-state index in [2.05, 4.69) is 49.2 Å². The molecule has 1 aliphatic rings. The molecule has 7 nitrogen and oxygen atoms in total. The van der Waals surface area contributed by atoms with Crippen LogP contribution in [0.15, 0.2) is 42.9 Å². The average molecular weight is 400 g/mol. The van der Waals surface area contributed by atoms with Gasteiger partial charge in [-0.3, -0.25) is 9.88 Å². The second kappa shape index (κ2) is 8.12. The van der Waals surface area contributed by atoms with Gasteiger partial charge in [-0.1, -0.05) is 23.5 Å². The smallest absolute Gasteiger partial charge is 0.209 e. The van der Waals surface area contributed by atoms with Gasteiger partial charge in [0.15, 0.2) is 3.95 Å². The fraction of sp³-hybridized carbons (Fsp3) is 0.333. The van der Waals surface area contributed by atoms with E-state index in [1.165, 1.54) is 16.9 Å². The normalized spacial score (nSPS) is 15.1. The highest BCUT2D eigenvalue weighted by Crippen LogP contribution is 2.21. The molecule has 3 heterocycles. The van der Waals surface area contributed by atoms with Crippen molar-refractivity contribution in [3.8, 4) is 0 Å². The zero-order valence-corrected chi connectivity index (χ0v) is 16.7. The molecule has 1 aromatic carbocycles. The van der Waals surface area contributed by atoms with Crippen LogP contribution in [0.25, 0.3) is 0 Å². The SMILES string of the molecule is Cc1cccc(Nc2nn(CN3CCN(c4cnccn4)CC3)c(=S)s2)c1. The van der Waals surface area contributed by atoms with Crippen LogP contribution in [0.2, 0.25) is 0 Å². The van der Waals surface area contributed by atoms with E-state index in [9.17, 15) is 0 Å². The summed E-state index contributed by atoms with van der Waals surface area (Å²) >= 11 is 7.01. The first-order valence-corrected chi connectivity index (χ1v) is 10.0. The molecule has 0 saturated carbocycles. The summed E-state index contributed by atoms with van der Waals surface area (Å²) in [6.45, 7) is 6.51. The fourth-order valence-electron chi connectivity index (χ4n) is 3.05. The van der Waals surface area contributed by atoms with Gasteiger partial charge in [-0.15, -0.1) is 5.10 Å². The van der Waals surface area contributed by atoms with Crippen LogP contribution in [0, 0.1) is 10.9 Å². The van der Waals surface area contributed by atoms with Crippen LogP contribution in [-0.4, -0.2) is 50.8 Å². The maximum absolute atomic E-state index is 5.51. The van der Waals surface area contributed by atoms with Gasteiger partial charge in [0.2, 0.25) is 5.13 Å². The maximum Gasteiger partial charge on any atom is 0.209 e. The third-order valence-corrected chi connectivity index (χ3v) is 5.68. The van der Waals surface area contributed by atoms with E-state index in [1.807, 2.05) is 23.0 Å². The first-order chi connectivity index (χ1) is 13.2. The molecule has 140 valence electrons. The fourth-order valence-corrected chi connectivity index (χ4v) is 4.07. The van der Waals surface area contributed by atoms with E-state index in [-0.39, 0.29) is 0 Å². The molecular weight excluding hydrogens is 378 g/mol. The van der Waals surface area contributed by atoms with E-state index < -0.39 is 0 Å². The van der Waals surface area contributed by atoms with Crippen molar-refractivity contribution in [3.63, 3.8) is 0 Å². The minimum atomic E-state index is 0.707. The molecule has 4 rings (SSSR count). The molecule has 27 heavy (non-hydrogen) atoms. The summed E-state index contributed by atoms with van der Waals surface area (Å²) in [5.74, 6) is 0.937. The molecule has 0 amide bonds. The van der Waals surface area contributed by atoms with Crippen molar-refractivity contribution in [2.45, 2.75) is 13.6 Å². The molecule has 2 aromatic heterocycles. The summed E-state index contributed by atoms with van der Waals surface area (Å²) in [5.41, 5.74) is 2.24. The molecule has 0 radical (unpaired) electrons. The van der Waals surface area contributed by atoms with Gasteiger partial charge >= 0.3 is 0 Å². The summed E-state index contributed by atoms with van der Waals surface area (Å²) in [4.78, 5) is 13.1. The van der Waals surface area contributed by atoms with Crippen LogP contribution in [-0.2, 0) is 6.67 Å². The third kappa shape index (κ3) is 4.49. The predicted molar refractivity (Wildman–Crippen MR) is 111 cm³/mol. The molecule has 0 aliphatic carbocycles. The monoisotopic (exact) mass is 399 g/mol. The lowest BCUT2D eigenvalue weighted by atomic mass is 10.2. The van der Waals surface area contributed by atoms with Crippen molar-refractivity contribution in [2.75, 3.05) is 36.4 Å². The highest BCUT2D eigenvalue weighted by molar-refractivity contribution is 7.73. The zero-order chi connectivity index (χ0) is 18.6. The molecular formula is C18H21N7S2. The number of benzene rings is 1. The zero-order valence-electron chi connectivity index (χ0n) is 15.1. The minimum Gasteiger partial charge on any atom is -0.353 e. The van der Waals surface area contributed by atoms with Gasteiger partial charge in [0.25, 0.3) is 0 Å². The Hall–Kier alpha value is -2.36. The molecule has 0 spiro atoms. The Kier molecular flexibility index (Phi) is 5.42. The van der Waals surface area contributed by atoms with Gasteiger partial charge in [0.05, 0.1) is 12.9 Å². The molecule has 0 unspecified atom stereocenters. The standard InChI is InChI=1S/C18H21N7S2/c1-14-3-2-4-15(11-14)21-17-22-25(18(26)27-17)13-23-7-9-24(10-8-23)16-12-19-5-6-20-16/h2-6,11-12H,7-10,13H2,1H3,(H,21,22). The summed E-state index contributed by atoms with van der Waals surface area (Å²) in [7, 11) is 0. The van der Waals surface area contributed by atoms with Gasteiger partial charge in [-0.05, 0) is 36.8 Å². The second-order valence-electron chi connectivity index (χ2n) is 6.48. The largest absolute Gasteiger partial charge is 0.353 e. The lowest BCUT2D eigenvalue weighted by Crippen LogP contribution is -2.47. The number of piperazine rings is 1. The Morgan fingerprint density at radius 3 is 2.78 bits per heavy atom. The Bertz CT molecular complexity index is 946. The van der Waals surface area contributed by atoms with Crippen molar-refractivity contribution < 1.29 is 0 Å². The van der Waals surface area contributed by atoms with Gasteiger partial charge in [-0.2, -0.15) is 0 Å². The van der Waals surface area contributed by atoms with Crippen molar-refractivity contribution in [1.82, 2.24) is 24.6 Å². The van der Waals surface area contributed by atoms with Crippen molar-refractivity contribution >= 4 is 40.2 Å². The highest BCUT2D eigenvalue weighted by atomic mass is 32.1. The topological polar surface area (TPSA) is 62.1 Å². The van der Waals surface area contributed by atoms with Gasteiger partial charge in [0, 0.05) is 44.3 Å². The van der Waals surface area contributed by atoms with Crippen molar-refractivity contribution in [1.29, 1.82) is 0 Å². The van der Waals surface area contributed by atoms with Gasteiger partial charge in [0.1, 0.15) is 5.82 Å². The molecule has 3 aromatic rings. The molecule has 0 atom stereocenters. The van der Waals surface area contributed by atoms with Crippen LogP contribution in [0.1, 0.15) is 5.56 Å². The quantitative estimate of drug-likeness (QED) is 0.661. The Morgan fingerprint density at radius 1 is 1.19 bits per heavy atom. The van der Waals surface area contributed by atoms with Crippen LogP contribution < -0.4 is 10.2 Å². The summed E-state index contributed by atoms with van der Waals surface area (Å²) in [6, 6.07) is 8.24. The number of hydrogen-bond donors (Lipinski definition) is 1. The Labute approximate surface area is 167 Å². The van der Waals surface area contributed by atoms with Crippen LogP contribution in [0.4, 0.5) is 16.6 Å². The number of rotatable bonds is 5. The number of nitrogens with one attached hydrogen (secondary N) is 1. The van der Waals surface area contributed by atoms with Gasteiger partial charge < -0.3 is 10.2 Å².